The molecular weight excluding hydrogens is 332 g/mol. The van der Waals surface area contributed by atoms with E-state index in [1.165, 1.54) is 16.8 Å². The number of hydrogen-bond acceptors (Lipinski definition) is 1. The summed E-state index contributed by atoms with van der Waals surface area (Å²) in [5.41, 5.74) is 3.78. The molecule has 2 aromatic rings. The maximum atomic E-state index is 12.9. The maximum Gasteiger partial charge on any atom is 0.223 e. The molecule has 0 aliphatic rings. The Morgan fingerprint density at radius 2 is 1.89 bits per heavy atom. The number of rotatable bonds is 10. The standard InChI is InChI=1S/C24H36N2O/c1-6-7-8-14-24(27)26(21(5)19(2)3)18-23-13-10-15-25(23)17-22-12-9-11-20(4)16-22/h9-13,15-16,19,21H,6-8,14,17-18H2,1-5H3/t21-/m0/s1. The van der Waals surface area contributed by atoms with Gasteiger partial charge in [0.2, 0.25) is 5.91 Å². The summed E-state index contributed by atoms with van der Waals surface area (Å²) in [5, 5.41) is 0. The maximum absolute atomic E-state index is 12.9. The lowest BCUT2D eigenvalue weighted by molar-refractivity contribution is -0.135. The number of carbonyl (C=O) groups is 1. The molecule has 0 bridgehead atoms. The van der Waals surface area contributed by atoms with Crippen LogP contribution in [0, 0.1) is 12.8 Å². The van der Waals surface area contributed by atoms with E-state index in [1.54, 1.807) is 0 Å². The van der Waals surface area contributed by atoms with Crippen molar-refractivity contribution >= 4 is 5.91 Å². The van der Waals surface area contributed by atoms with Gasteiger partial charge in [0.15, 0.2) is 0 Å². The Morgan fingerprint density at radius 1 is 1.11 bits per heavy atom. The minimum absolute atomic E-state index is 0.237. The first-order valence-electron chi connectivity index (χ1n) is 10.4. The van der Waals surface area contributed by atoms with E-state index in [9.17, 15) is 4.79 Å². The second kappa shape index (κ2) is 10.3. The Bertz CT molecular complexity index is 717. The van der Waals surface area contributed by atoms with Gasteiger partial charge in [-0.15, -0.1) is 0 Å². The minimum atomic E-state index is 0.237. The van der Waals surface area contributed by atoms with Crippen LogP contribution in [-0.4, -0.2) is 21.4 Å². The summed E-state index contributed by atoms with van der Waals surface area (Å²) < 4.78 is 2.27. The molecule has 1 amide bonds. The quantitative estimate of drug-likeness (QED) is 0.487. The van der Waals surface area contributed by atoms with Crippen LogP contribution >= 0.6 is 0 Å². The fourth-order valence-electron chi connectivity index (χ4n) is 3.42. The molecule has 3 nitrogen and oxygen atoms in total. The monoisotopic (exact) mass is 368 g/mol. The summed E-state index contributed by atoms with van der Waals surface area (Å²) in [6.07, 6.45) is 6.04. The van der Waals surface area contributed by atoms with Crippen molar-refractivity contribution in [3.8, 4) is 0 Å². The van der Waals surface area contributed by atoms with E-state index < -0.39 is 0 Å². The Labute approximate surface area is 165 Å². The number of amides is 1. The molecular formula is C24H36N2O. The van der Waals surface area contributed by atoms with Crippen LogP contribution in [0.1, 0.15) is 70.2 Å². The van der Waals surface area contributed by atoms with E-state index in [2.05, 4.69) is 86.7 Å². The Morgan fingerprint density at radius 3 is 2.56 bits per heavy atom. The molecule has 1 heterocycles. The number of nitrogens with zero attached hydrogens (tertiary/aromatic N) is 2. The van der Waals surface area contributed by atoms with Gasteiger partial charge in [0.25, 0.3) is 0 Å². The average Bonchev–Trinajstić information content (AvgIpc) is 3.06. The summed E-state index contributed by atoms with van der Waals surface area (Å²) in [6, 6.07) is 13.1. The molecule has 0 spiro atoms. The highest BCUT2D eigenvalue weighted by Crippen LogP contribution is 2.19. The number of carbonyl (C=O) groups excluding carboxylic acids is 1. The third-order valence-corrected chi connectivity index (χ3v) is 5.46. The SMILES string of the molecule is CCCCCC(=O)N(Cc1cccn1Cc1cccc(C)c1)[C@@H](C)C(C)C. The molecule has 0 radical (unpaired) electrons. The van der Waals surface area contributed by atoms with Crippen molar-refractivity contribution in [3.63, 3.8) is 0 Å². The van der Waals surface area contributed by atoms with Crippen LogP contribution < -0.4 is 0 Å². The van der Waals surface area contributed by atoms with E-state index in [4.69, 9.17) is 0 Å². The first kappa shape index (κ1) is 21.3. The summed E-state index contributed by atoms with van der Waals surface area (Å²) in [6.45, 7) is 12.4. The van der Waals surface area contributed by atoms with Crippen molar-refractivity contribution in [2.45, 2.75) is 79.4 Å². The molecule has 0 aliphatic heterocycles. The van der Waals surface area contributed by atoms with Crippen molar-refractivity contribution in [2.24, 2.45) is 5.92 Å². The number of aromatic nitrogens is 1. The van der Waals surface area contributed by atoms with Gasteiger partial charge in [0.05, 0.1) is 6.54 Å². The highest BCUT2D eigenvalue weighted by Gasteiger charge is 2.23. The molecule has 0 saturated heterocycles. The number of hydrogen-bond donors (Lipinski definition) is 0. The van der Waals surface area contributed by atoms with Crippen LogP contribution in [0.5, 0.6) is 0 Å². The van der Waals surface area contributed by atoms with Gasteiger partial charge in [0, 0.05) is 30.9 Å². The molecule has 0 saturated carbocycles. The molecule has 0 N–H and O–H groups in total. The number of benzene rings is 1. The highest BCUT2D eigenvalue weighted by atomic mass is 16.2. The largest absolute Gasteiger partial charge is 0.345 e. The first-order chi connectivity index (χ1) is 12.9. The third-order valence-electron chi connectivity index (χ3n) is 5.46. The molecule has 1 atom stereocenters. The van der Waals surface area contributed by atoms with E-state index in [-0.39, 0.29) is 11.9 Å². The molecule has 0 aliphatic carbocycles. The van der Waals surface area contributed by atoms with Crippen molar-refractivity contribution < 1.29 is 4.79 Å². The normalized spacial score (nSPS) is 12.4. The summed E-state index contributed by atoms with van der Waals surface area (Å²) >= 11 is 0. The highest BCUT2D eigenvalue weighted by molar-refractivity contribution is 5.76. The molecule has 1 aromatic carbocycles. The van der Waals surface area contributed by atoms with Crippen molar-refractivity contribution in [2.75, 3.05) is 0 Å². The molecule has 0 fully saturated rings. The molecule has 2 rings (SSSR count). The summed E-state index contributed by atoms with van der Waals surface area (Å²) in [4.78, 5) is 15.0. The molecule has 148 valence electrons. The smallest absolute Gasteiger partial charge is 0.223 e. The predicted octanol–water partition coefficient (Wildman–Crippen LogP) is 5.80. The average molecular weight is 369 g/mol. The lowest BCUT2D eigenvalue weighted by Crippen LogP contribution is -2.41. The first-order valence-corrected chi connectivity index (χ1v) is 10.4. The van der Waals surface area contributed by atoms with Gasteiger partial charge in [-0.1, -0.05) is 63.4 Å². The zero-order valence-electron chi connectivity index (χ0n) is 17.7. The Hall–Kier alpha value is -2.03. The fourth-order valence-corrected chi connectivity index (χ4v) is 3.42. The van der Waals surface area contributed by atoms with E-state index in [1.807, 2.05) is 0 Å². The molecule has 3 heteroatoms. The van der Waals surface area contributed by atoms with Crippen molar-refractivity contribution in [1.82, 2.24) is 9.47 Å². The van der Waals surface area contributed by atoms with Gasteiger partial charge >= 0.3 is 0 Å². The van der Waals surface area contributed by atoms with Crippen LogP contribution in [0.2, 0.25) is 0 Å². The van der Waals surface area contributed by atoms with Gasteiger partial charge in [-0.05, 0) is 43.9 Å². The lowest BCUT2D eigenvalue weighted by atomic mass is 10.0. The Kier molecular flexibility index (Phi) is 8.15. The minimum Gasteiger partial charge on any atom is -0.345 e. The van der Waals surface area contributed by atoms with Crippen LogP contribution in [0.15, 0.2) is 42.6 Å². The van der Waals surface area contributed by atoms with Crippen LogP contribution in [0.3, 0.4) is 0 Å². The van der Waals surface area contributed by atoms with Crippen molar-refractivity contribution in [1.29, 1.82) is 0 Å². The Balaban J connectivity index is 2.15. The number of unbranched alkanes of at least 4 members (excludes halogenated alkanes) is 2. The van der Waals surface area contributed by atoms with Crippen LogP contribution in [0.4, 0.5) is 0 Å². The summed E-state index contributed by atoms with van der Waals surface area (Å²) in [5.74, 6) is 0.730. The van der Waals surface area contributed by atoms with Gasteiger partial charge < -0.3 is 9.47 Å². The lowest BCUT2D eigenvalue weighted by Gasteiger charge is -2.32. The zero-order valence-corrected chi connectivity index (χ0v) is 17.7. The molecule has 1 aromatic heterocycles. The summed E-state index contributed by atoms with van der Waals surface area (Å²) in [7, 11) is 0. The van der Waals surface area contributed by atoms with Crippen LogP contribution in [0.25, 0.3) is 0 Å². The molecule has 27 heavy (non-hydrogen) atoms. The van der Waals surface area contributed by atoms with E-state index in [0.717, 1.165) is 25.8 Å². The number of aryl methyl sites for hydroxylation is 1. The van der Waals surface area contributed by atoms with Gasteiger partial charge in [0.1, 0.15) is 0 Å². The predicted molar refractivity (Wildman–Crippen MR) is 114 cm³/mol. The van der Waals surface area contributed by atoms with E-state index >= 15 is 0 Å². The zero-order chi connectivity index (χ0) is 19.8. The topological polar surface area (TPSA) is 25.2 Å². The van der Waals surface area contributed by atoms with E-state index in [0.29, 0.717) is 18.9 Å². The second-order valence-electron chi connectivity index (χ2n) is 8.08. The van der Waals surface area contributed by atoms with Gasteiger partial charge in [-0.2, -0.15) is 0 Å². The second-order valence-corrected chi connectivity index (χ2v) is 8.08. The van der Waals surface area contributed by atoms with Gasteiger partial charge in [-0.25, -0.2) is 0 Å². The third kappa shape index (κ3) is 6.27. The fraction of sp³-hybridized carbons (Fsp3) is 0.542. The van der Waals surface area contributed by atoms with Crippen LogP contribution in [-0.2, 0) is 17.9 Å². The van der Waals surface area contributed by atoms with Gasteiger partial charge in [-0.3, -0.25) is 4.79 Å². The van der Waals surface area contributed by atoms with Crippen molar-refractivity contribution in [3.05, 3.63) is 59.4 Å². The molecule has 0 unspecified atom stereocenters.